The van der Waals surface area contributed by atoms with Crippen LogP contribution in [-0.4, -0.2) is 39.7 Å². The van der Waals surface area contributed by atoms with Crippen LogP contribution >= 0.6 is 0 Å². The molecule has 2 aromatic heterocycles. The molecule has 0 aromatic carbocycles. The fraction of sp³-hybridized carbons (Fsp3) is 0.429. The molecule has 0 saturated carbocycles. The van der Waals surface area contributed by atoms with E-state index in [1.807, 2.05) is 0 Å². The van der Waals surface area contributed by atoms with Crippen molar-refractivity contribution in [1.29, 1.82) is 0 Å². The van der Waals surface area contributed by atoms with Crippen LogP contribution in [0, 0.1) is 6.92 Å². The molecule has 0 bridgehead atoms. The summed E-state index contributed by atoms with van der Waals surface area (Å²) in [7, 11) is 1.73. The zero-order chi connectivity index (χ0) is 15.6. The lowest BCUT2D eigenvalue weighted by molar-refractivity contribution is 0.0479. The zero-order valence-electron chi connectivity index (χ0n) is 12.5. The minimum atomic E-state index is -0.589. The third-order valence-electron chi connectivity index (χ3n) is 3.00. The summed E-state index contributed by atoms with van der Waals surface area (Å²) in [6.07, 6.45) is 1.54. The molecule has 0 N–H and O–H groups in total. The van der Waals surface area contributed by atoms with Crippen LogP contribution in [0.3, 0.4) is 0 Å². The fourth-order valence-electron chi connectivity index (χ4n) is 2.16. The molecule has 0 aliphatic heterocycles. The second-order valence-corrected chi connectivity index (χ2v) is 4.42. The Hall–Kier alpha value is -2.44. The average molecular weight is 291 g/mol. The van der Waals surface area contributed by atoms with Gasteiger partial charge in [0.25, 0.3) is 0 Å². The smallest absolute Gasteiger partial charge is 0.341 e. The first-order valence-corrected chi connectivity index (χ1v) is 6.67. The highest BCUT2D eigenvalue weighted by molar-refractivity contribution is 6.11. The topological polar surface area (TPSA) is 83.3 Å². The van der Waals surface area contributed by atoms with Gasteiger partial charge in [-0.1, -0.05) is 0 Å². The number of rotatable bonds is 4. The molecule has 0 spiro atoms. The maximum Gasteiger partial charge on any atom is 0.341 e. The Morgan fingerprint density at radius 2 is 1.71 bits per heavy atom. The highest BCUT2D eigenvalue weighted by atomic mass is 16.5. The number of hydrogen-bond donors (Lipinski definition) is 0. The molecule has 2 rings (SSSR count). The van der Waals surface area contributed by atoms with Crippen LogP contribution < -0.4 is 0 Å². The van der Waals surface area contributed by atoms with Gasteiger partial charge in [-0.25, -0.2) is 19.6 Å². The number of esters is 2. The summed E-state index contributed by atoms with van der Waals surface area (Å²) in [6, 6.07) is 0. The number of aryl methyl sites for hydroxylation is 2. The van der Waals surface area contributed by atoms with Gasteiger partial charge < -0.3 is 14.0 Å². The molecule has 0 amide bonds. The van der Waals surface area contributed by atoms with E-state index >= 15 is 0 Å². The van der Waals surface area contributed by atoms with Crippen LogP contribution in [0.5, 0.6) is 0 Å². The van der Waals surface area contributed by atoms with Crippen LogP contribution in [0.2, 0.25) is 0 Å². The van der Waals surface area contributed by atoms with Crippen molar-refractivity contribution in [1.82, 2.24) is 14.5 Å². The number of hydrogen-bond acceptors (Lipinski definition) is 6. The standard InChI is InChI=1S/C14H17N3O4/c1-5-20-13(18)9-8(3)16-12-11(17(4)7-15-12)10(9)14(19)21-6-2/h7H,5-6H2,1-4H3. The number of carbonyl (C=O) groups excluding carboxylic acids is 2. The molecule has 0 atom stereocenters. The number of aromatic nitrogens is 3. The summed E-state index contributed by atoms with van der Waals surface area (Å²) in [4.78, 5) is 32.8. The van der Waals surface area contributed by atoms with Gasteiger partial charge >= 0.3 is 11.9 Å². The molecular formula is C14H17N3O4. The minimum Gasteiger partial charge on any atom is -0.462 e. The maximum atomic E-state index is 12.3. The van der Waals surface area contributed by atoms with Crippen LogP contribution in [0.4, 0.5) is 0 Å². The molecule has 2 heterocycles. The summed E-state index contributed by atoms with van der Waals surface area (Å²) < 4.78 is 11.7. The Balaban J connectivity index is 2.78. The molecule has 0 saturated heterocycles. The monoisotopic (exact) mass is 291 g/mol. The summed E-state index contributed by atoms with van der Waals surface area (Å²) >= 11 is 0. The Kier molecular flexibility index (Phi) is 4.21. The SMILES string of the molecule is CCOC(=O)c1c(C)nc2ncn(C)c2c1C(=O)OCC. The molecule has 0 radical (unpaired) electrons. The first-order valence-electron chi connectivity index (χ1n) is 6.67. The van der Waals surface area contributed by atoms with Gasteiger partial charge in [-0.15, -0.1) is 0 Å². The number of ether oxygens (including phenoxy) is 2. The van der Waals surface area contributed by atoms with E-state index < -0.39 is 11.9 Å². The van der Waals surface area contributed by atoms with Gasteiger partial charge in [0.1, 0.15) is 11.1 Å². The summed E-state index contributed by atoms with van der Waals surface area (Å²) in [5.41, 5.74) is 1.53. The fourth-order valence-corrected chi connectivity index (χ4v) is 2.16. The molecule has 2 aromatic rings. The van der Waals surface area contributed by atoms with Crippen molar-refractivity contribution >= 4 is 23.1 Å². The molecular weight excluding hydrogens is 274 g/mol. The highest BCUT2D eigenvalue weighted by Gasteiger charge is 2.27. The quantitative estimate of drug-likeness (QED) is 0.796. The first kappa shape index (κ1) is 15.0. The molecule has 21 heavy (non-hydrogen) atoms. The lowest BCUT2D eigenvalue weighted by Gasteiger charge is -2.12. The van der Waals surface area contributed by atoms with Gasteiger partial charge in [0.2, 0.25) is 0 Å². The highest BCUT2D eigenvalue weighted by Crippen LogP contribution is 2.24. The summed E-state index contributed by atoms with van der Waals surface area (Å²) in [5, 5.41) is 0. The molecule has 0 fully saturated rings. The van der Waals surface area contributed by atoms with Gasteiger partial charge in [-0.05, 0) is 20.8 Å². The lowest BCUT2D eigenvalue weighted by atomic mass is 10.1. The molecule has 0 unspecified atom stereocenters. The van der Waals surface area contributed by atoms with E-state index in [0.29, 0.717) is 16.9 Å². The number of carbonyl (C=O) groups is 2. The van der Waals surface area contributed by atoms with Gasteiger partial charge in [0.15, 0.2) is 5.65 Å². The number of fused-ring (bicyclic) bond motifs is 1. The maximum absolute atomic E-state index is 12.3. The normalized spacial score (nSPS) is 10.7. The van der Waals surface area contributed by atoms with E-state index in [-0.39, 0.29) is 24.3 Å². The van der Waals surface area contributed by atoms with Gasteiger partial charge in [-0.3, -0.25) is 0 Å². The molecule has 7 heteroatoms. The number of nitrogens with zero attached hydrogens (tertiary/aromatic N) is 3. The van der Waals surface area contributed by atoms with Crippen molar-refractivity contribution in [3.05, 3.63) is 23.1 Å². The Morgan fingerprint density at radius 3 is 2.29 bits per heavy atom. The van der Waals surface area contributed by atoms with Crippen LogP contribution in [0.1, 0.15) is 40.3 Å². The summed E-state index contributed by atoms with van der Waals surface area (Å²) in [5.74, 6) is -1.17. The first-order chi connectivity index (χ1) is 10.0. The second kappa shape index (κ2) is 5.90. The van der Waals surface area contributed by atoms with E-state index in [1.54, 1.807) is 32.4 Å². The van der Waals surface area contributed by atoms with Crippen molar-refractivity contribution in [3.8, 4) is 0 Å². The number of pyridine rings is 1. The second-order valence-electron chi connectivity index (χ2n) is 4.42. The Labute approximate surface area is 121 Å². The third-order valence-corrected chi connectivity index (χ3v) is 3.00. The van der Waals surface area contributed by atoms with Gasteiger partial charge in [0.05, 0.1) is 30.8 Å². The van der Waals surface area contributed by atoms with E-state index in [4.69, 9.17) is 9.47 Å². The lowest BCUT2D eigenvalue weighted by Crippen LogP contribution is -2.18. The molecule has 0 aliphatic carbocycles. The predicted molar refractivity (Wildman–Crippen MR) is 75.2 cm³/mol. The zero-order valence-corrected chi connectivity index (χ0v) is 12.5. The van der Waals surface area contributed by atoms with Crippen molar-refractivity contribution in [2.75, 3.05) is 13.2 Å². The van der Waals surface area contributed by atoms with Crippen molar-refractivity contribution < 1.29 is 19.1 Å². The van der Waals surface area contributed by atoms with Crippen molar-refractivity contribution in [3.63, 3.8) is 0 Å². The Bertz CT molecular complexity index is 706. The van der Waals surface area contributed by atoms with Crippen molar-refractivity contribution in [2.45, 2.75) is 20.8 Å². The predicted octanol–water partition coefficient (Wildman–Crippen LogP) is 1.63. The van der Waals surface area contributed by atoms with E-state index in [2.05, 4.69) is 9.97 Å². The number of imidazole rings is 1. The third kappa shape index (κ3) is 2.58. The van der Waals surface area contributed by atoms with Gasteiger partial charge in [0, 0.05) is 7.05 Å². The van der Waals surface area contributed by atoms with Crippen LogP contribution in [0.15, 0.2) is 6.33 Å². The van der Waals surface area contributed by atoms with E-state index in [9.17, 15) is 9.59 Å². The average Bonchev–Trinajstić information content (AvgIpc) is 2.78. The van der Waals surface area contributed by atoms with Gasteiger partial charge in [-0.2, -0.15) is 0 Å². The minimum absolute atomic E-state index is 0.131. The van der Waals surface area contributed by atoms with E-state index in [1.165, 1.54) is 6.33 Å². The van der Waals surface area contributed by atoms with Crippen LogP contribution in [0.25, 0.3) is 11.2 Å². The Morgan fingerprint density at radius 1 is 1.14 bits per heavy atom. The molecule has 112 valence electrons. The van der Waals surface area contributed by atoms with Crippen LogP contribution in [-0.2, 0) is 16.5 Å². The van der Waals surface area contributed by atoms with E-state index in [0.717, 1.165) is 0 Å². The van der Waals surface area contributed by atoms with Crippen molar-refractivity contribution in [2.24, 2.45) is 7.05 Å². The summed E-state index contributed by atoms with van der Waals surface area (Å²) in [6.45, 7) is 5.47. The molecule has 7 nitrogen and oxygen atoms in total. The molecule has 0 aliphatic rings. The largest absolute Gasteiger partial charge is 0.462 e.